The van der Waals surface area contributed by atoms with E-state index in [4.69, 9.17) is 5.73 Å². The standard InChI is InChI=1S/C11H13N3S/c1-8-11(15-7-14-8)10(12)6-9-4-2-3-5-13-9/h2-5,7,10H,6,12H2,1H3. The Morgan fingerprint density at radius 1 is 1.40 bits per heavy atom. The van der Waals surface area contributed by atoms with Gasteiger partial charge in [-0.15, -0.1) is 11.3 Å². The van der Waals surface area contributed by atoms with Crippen molar-refractivity contribution in [2.24, 2.45) is 5.73 Å². The highest BCUT2D eigenvalue weighted by molar-refractivity contribution is 7.09. The Hall–Kier alpha value is -1.26. The van der Waals surface area contributed by atoms with Crippen LogP contribution in [0.5, 0.6) is 0 Å². The van der Waals surface area contributed by atoms with Crippen LogP contribution < -0.4 is 5.73 Å². The number of nitrogens with two attached hydrogens (primary N) is 1. The Balaban J connectivity index is 2.11. The monoisotopic (exact) mass is 219 g/mol. The lowest BCUT2D eigenvalue weighted by atomic mass is 10.1. The summed E-state index contributed by atoms with van der Waals surface area (Å²) >= 11 is 1.61. The normalized spacial score (nSPS) is 12.7. The summed E-state index contributed by atoms with van der Waals surface area (Å²) in [6, 6.07) is 5.89. The van der Waals surface area contributed by atoms with Crippen molar-refractivity contribution in [3.05, 3.63) is 46.2 Å². The first-order chi connectivity index (χ1) is 7.27. The average Bonchev–Trinajstić information content (AvgIpc) is 2.66. The molecular weight excluding hydrogens is 206 g/mol. The van der Waals surface area contributed by atoms with Gasteiger partial charge in [-0.25, -0.2) is 4.98 Å². The number of thiazole rings is 1. The van der Waals surface area contributed by atoms with Crippen LogP contribution in [-0.2, 0) is 6.42 Å². The number of hydrogen-bond acceptors (Lipinski definition) is 4. The van der Waals surface area contributed by atoms with Crippen molar-refractivity contribution in [1.82, 2.24) is 9.97 Å². The summed E-state index contributed by atoms with van der Waals surface area (Å²) in [6.45, 7) is 1.99. The largest absolute Gasteiger partial charge is 0.323 e. The van der Waals surface area contributed by atoms with Gasteiger partial charge in [-0.1, -0.05) is 6.07 Å². The molecule has 2 heterocycles. The van der Waals surface area contributed by atoms with E-state index in [9.17, 15) is 0 Å². The molecule has 0 amide bonds. The fourth-order valence-electron chi connectivity index (χ4n) is 1.50. The molecule has 0 aliphatic heterocycles. The maximum absolute atomic E-state index is 6.10. The predicted molar refractivity (Wildman–Crippen MR) is 61.7 cm³/mol. The molecule has 2 aromatic rings. The van der Waals surface area contributed by atoms with Crippen molar-refractivity contribution in [3.8, 4) is 0 Å². The van der Waals surface area contributed by atoms with Crippen molar-refractivity contribution in [2.45, 2.75) is 19.4 Å². The molecule has 2 N–H and O–H groups in total. The van der Waals surface area contributed by atoms with Gasteiger partial charge >= 0.3 is 0 Å². The minimum atomic E-state index is 0.00685. The molecule has 0 bridgehead atoms. The van der Waals surface area contributed by atoms with Crippen molar-refractivity contribution >= 4 is 11.3 Å². The van der Waals surface area contributed by atoms with Gasteiger partial charge in [-0.2, -0.15) is 0 Å². The smallest absolute Gasteiger partial charge is 0.0798 e. The summed E-state index contributed by atoms with van der Waals surface area (Å²) in [4.78, 5) is 9.61. The second kappa shape index (κ2) is 4.51. The average molecular weight is 219 g/mol. The van der Waals surface area contributed by atoms with Gasteiger partial charge in [-0.05, 0) is 19.1 Å². The van der Waals surface area contributed by atoms with Gasteiger partial charge in [0.15, 0.2) is 0 Å². The lowest BCUT2D eigenvalue weighted by molar-refractivity contribution is 0.713. The van der Waals surface area contributed by atoms with Crippen molar-refractivity contribution < 1.29 is 0 Å². The van der Waals surface area contributed by atoms with E-state index in [0.717, 1.165) is 22.7 Å². The number of aryl methyl sites for hydroxylation is 1. The summed E-state index contributed by atoms with van der Waals surface area (Å²) in [7, 11) is 0. The third-order valence-corrected chi connectivity index (χ3v) is 3.34. The quantitative estimate of drug-likeness (QED) is 0.860. The first-order valence-corrected chi connectivity index (χ1v) is 5.71. The van der Waals surface area contributed by atoms with Gasteiger partial charge in [-0.3, -0.25) is 4.98 Å². The molecule has 0 saturated carbocycles. The van der Waals surface area contributed by atoms with Crippen molar-refractivity contribution in [2.75, 3.05) is 0 Å². The summed E-state index contributed by atoms with van der Waals surface area (Å²) < 4.78 is 0. The van der Waals surface area contributed by atoms with Crippen LogP contribution in [0, 0.1) is 6.92 Å². The molecule has 1 atom stereocenters. The highest BCUT2D eigenvalue weighted by Crippen LogP contribution is 2.22. The molecule has 1 unspecified atom stereocenters. The van der Waals surface area contributed by atoms with Crippen molar-refractivity contribution in [3.63, 3.8) is 0 Å². The zero-order chi connectivity index (χ0) is 10.7. The van der Waals surface area contributed by atoms with Crippen LogP contribution >= 0.6 is 11.3 Å². The van der Waals surface area contributed by atoms with Gasteiger partial charge in [0.1, 0.15) is 0 Å². The summed E-state index contributed by atoms with van der Waals surface area (Å²) in [6.07, 6.45) is 2.56. The Bertz CT molecular complexity index is 424. The van der Waals surface area contributed by atoms with E-state index in [1.807, 2.05) is 30.6 Å². The zero-order valence-electron chi connectivity index (χ0n) is 8.55. The molecule has 15 heavy (non-hydrogen) atoms. The van der Waals surface area contributed by atoms with Crippen LogP contribution in [0.3, 0.4) is 0 Å². The van der Waals surface area contributed by atoms with E-state index in [2.05, 4.69) is 9.97 Å². The Morgan fingerprint density at radius 2 is 2.27 bits per heavy atom. The van der Waals surface area contributed by atoms with Crippen LogP contribution in [-0.4, -0.2) is 9.97 Å². The minimum Gasteiger partial charge on any atom is -0.323 e. The van der Waals surface area contributed by atoms with E-state index >= 15 is 0 Å². The van der Waals surface area contributed by atoms with Crippen molar-refractivity contribution in [1.29, 1.82) is 0 Å². The zero-order valence-corrected chi connectivity index (χ0v) is 9.37. The van der Waals surface area contributed by atoms with E-state index in [1.165, 1.54) is 0 Å². The molecule has 0 spiro atoms. The Kier molecular flexibility index (Phi) is 3.08. The third-order valence-electron chi connectivity index (χ3n) is 2.27. The lowest BCUT2D eigenvalue weighted by Gasteiger charge is -2.09. The maximum atomic E-state index is 6.10. The van der Waals surface area contributed by atoms with Gasteiger partial charge < -0.3 is 5.73 Å². The Morgan fingerprint density at radius 3 is 2.87 bits per heavy atom. The number of nitrogens with zero attached hydrogens (tertiary/aromatic N) is 2. The van der Waals surface area contributed by atoms with E-state index in [1.54, 1.807) is 17.5 Å². The van der Waals surface area contributed by atoms with Gasteiger partial charge in [0.05, 0.1) is 11.2 Å². The SMILES string of the molecule is Cc1ncsc1C(N)Cc1ccccn1. The highest BCUT2D eigenvalue weighted by atomic mass is 32.1. The van der Waals surface area contributed by atoms with Crippen LogP contribution in [0.2, 0.25) is 0 Å². The number of rotatable bonds is 3. The highest BCUT2D eigenvalue weighted by Gasteiger charge is 2.12. The van der Waals surface area contributed by atoms with Crippen LogP contribution in [0.4, 0.5) is 0 Å². The number of pyridine rings is 1. The second-order valence-corrected chi connectivity index (χ2v) is 4.32. The first kappa shape index (κ1) is 10.3. The number of aromatic nitrogens is 2. The molecular formula is C11H13N3S. The maximum Gasteiger partial charge on any atom is 0.0798 e. The topological polar surface area (TPSA) is 51.8 Å². The first-order valence-electron chi connectivity index (χ1n) is 4.83. The van der Waals surface area contributed by atoms with Gasteiger partial charge in [0.25, 0.3) is 0 Å². The predicted octanol–water partition coefficient (Wildman–Crippen LogP) is 2.09. The molecule has 0 aliphatic rings. The number of hydrogen-bond donors (Lipinski definition) is 1. The van der Waals surface area contributed by atoms with Gasteiger partial charge in [0, 0.05) is 29.2 Å². The van der Waals surface area contributed by atoms with E-state index < -0.39 is 0 Å². The molecule has 0 fully saturated rings. The summed E-state index contributed by atoms with van der Waals surface area (Å²) in [5.74, 6) is 0. The molecule has 0 aliphatic carbocycles. The molecule has 4 heteroatoms. The second-order valence-electron chi connectivity index (χ2n) is 3.43. The third kappa shape index (κ3) is 2.40. The molecule has 0 aromatic carbocycles. The molecule has 0 radical (unpaired) electrons. The lowest BCUT2D eigenvalue weighted by Crippen LogP contribution is -2.13. The van der Waals surface area contributed by atoms with E-state index in [-0.39, 0.29) is 6.04 Å². The Labute approximate surface area is 93.0 Å². The summed E-state index contributed by atoms with van der Waals surface area (Å²) in [5.41, 5.74) is 10.00. The molecule has 3 nitrogen and oxygen atoms in total. The fraction of sp³-hybridized carbons (Fsp3) is 0.273. The molecule has 78 valence electrons. The van der Waals surface area contributed by atoms with Crippen LogP contribution in [0.15, 0.2) is 29.9 Å². The van der Waals surface area contributed by atoms with Crippen LogP contribution in [0.1, 0.15) is 22.3 Å². The summed E-state index contributed by atoms with van der Waals surface area (Å²) in [5, 5.41) is 0. The minimum absolute atomic E-state index is 0.00685. The molecule has 2 aromatic heterocycles. The fourth-order valence-corrected chi connectivity index (χ4v) is 2.31. The van der Waals surface area contributed by atoms with E-state index in [0.29, 0.717) is 0 Å². The van der Waals surface area contributed by atoms with Gasteiger partial charge in [0.2, 0.25) is 0 Å². The molecule has 2 rings (SSSR count). The molecule has 0 saturated heterocycles. The van der Waals surface area contributed by atoms with Crippen LogP contribution in [0.25, 0.3) is 0 Å².